The predicted molar refractivity (Wildman–Crippen MR) is 80.2 cm³/mol. The monoisotopic (exact) mass is 264 g/mol. The van der Waals surface area contributed by atoms with Crippen molar-refractivity contribution in [2.24, 2.45) is 0 Å². The lowest BCUT2D eigenvalue weighted by atomic mass is 9.93. The minimum Gasteiger partial charge on any atom is -0.360 e. The first-order valence-electron chi connectivity index (χ1n) is 6.61. The Hall–Kier alpha value is -2.42. The molecule has 2 aromatic heterocycles. The first-order chi connectivity index (χ1) is 9.58. The summed E-state index contributed by atoms with van der Waals surface area (Å²) in [5.41, 5.74) is 5.63. The van der Waals surface area contributed by atoms with Gasteiger partial charge in [-0.2, -0.15) is 0 Å². The Morgan fingerprint density at radius 2 is 1.85 bits per heavy atom. The van der Waals surface area contributed by atoms with Crippen molar-refractivity contribution in [2.45, 2.75) is 20.8 Å². The number of benzene rings is 1. The zero-order valence-electron chi connectivity index (χ0n) is 11.8. The molecule has 1 aromatic carbocycles. The van der Waals surface area contributed by atoms with Crippen LogP contribution < -0.4 is 0 Å². The van der Waals surface area contributed by atoms with Gasteiger partial charge in [0.2, 0.25) is 0 Å². The fraction of sp³-hybridized carbons (Fsp3) is 0.176. The van der Waals surface area contributed by atoms with E-state index in [2.05, 4.69) is 9.97 Å². The first kappa shape index (κ1) is 12.6. The molecule has 0 aliphatic heterocycles. The van der Waals surface area contributed by atoms with Gasteiger partial charge in [-0.3, -0.25) is 9.78 Å². The average molecular weight is 264 g/mol. The van der Waals surface area contributed by atoms with Gasteiger partial charge >= 0.3 is 0 Å². The number of ketones is 1. The van der Waals surface area contributed by atoms with E-state index in [9.17, 15) is 4.79 Å². The zero-order valence-corrected chi connectivity index (χ0v) is 11.8. The highest BCUT2D eigenvalue weighted by molar-refractivity contribution is 6.17. The summed E-state index contributed by atoms with van der Waals surface area (Å²) >= 11 is 0. The van der Waals surface area contributed by atoms with Crippen molar-refractivity contribution < 1.29 is 4.79 Å². The van der Waals surface area contributed by atoms with Crippen molar-refractivity contribution in [3.63, 3.8) is 0 Å². The van der Waals surface area contributed by atoms with Crippen LogP contribution in [0.2, 0.25) is 0 Å². The van der Waals surface area contributed by atoms with Crippen LogP contribution in [0.3, 0.4) is 0 Å². The molecule has 100 valence electrons. The fourth-order valence-corrected chi connectivity index (χ4v) is 2.82. The molecule has 0 atom stereocenters. The van der Waals surface area contributed by atoms with Gasteiger partial charge in [0.25, 0.3) is 0 Å². The molecule has 2 heterocycles. The van der Waals surface area contributed by atoms with E-state index in [0.29, 0.717) is 5.56 Å². The van der Waals surface area contributed by atoms with E-state index < -0.39 is 0 Å². The predicted octanol–water partition coefficient (Wildman–Crippen LogP) is 3.72. The van der Waals surface area contributed by atoms with Crippen LogP contribution in [0, 0.1) is 20.8 Å². The van der Waals surface area contributed by atoms with Gasteiger partial charge < -0.3 is 4.98 Å². The molecule has 0 saturated heterocycles. The summed E-state index contributed by atoms with van der Waals surface area (Å²) < 4.78 is 0. The normalized spacial score (nSPS) is 10.9. The molecular weight excluding hydrogens is 248 g/mol. The summed E-state index contributed by atoms with van der Waals surface area (Å²) in [6.45, 7) is 6.02. The summed E-state index contributed by atoms with van der Waals surface area (Å²) in [6, 6.07) is 5.97. The summed E-state index contributed by atoms with van der Waals surface area (Å²) in [6.07, 6.45) is 5.22. The number of pyridine rings is 1. The smallest absolute Gasteiger partial charge is 0.195 e. The Labute approximate surface area is 117 Å². The van der Waals surface area contributed by atoms with Crippen LogP contribution in [0.5, 0.6) is 0 Å². The van der Waals surface area contributed by atoms with Crippen LogP contribution in [0.4, 0.5) is 0 Å². The molecule has 0 amide bonds. The fourth-order valence-electron chi connectivity index (χ4n) is 2.82. The van der Waals surface area contributed by atoms with E-state index in [4.69, 9.17) is 0 Å². The van der Waals surface area contributed by atoms with E-state index in [1.165, 1.54) is 5.56 Å². The number of H-pyrrole nitrogens is 1. The quantitative estimate of drug-likeness (QED) is 0.717. The zero-order chi connectivity index (χ0) is 14.3. The summed E-state index contributed by atoms with van der Waals surface area (Å²) in [4.78, 5) is 20.1. The van der Waals surface area contributed by atoms with E-state index in [-0.39, 0.29) is 5.78 Å². The molecule has 0 saturated carbocycles. The SMILES string of the molecule is Cc1cc(C)c(C(=O)c2c[nH]c3ccncc23)c(C)c1. The summed E-state index contributed by atoms with van der Waals surface area (Å²) in [5, 5.41) is 0.872. The number of nitrogens with zero attached hydrogens (tertiary/aromatic N) is 1. The van der Waals surface area contributed by atoms with E-state index in [1.807, 2.05) is 39.0 Å². The molecular formula is C17H16N2O. The minimum atomic E-state index is 0.0549. The first-order valence-corrected chi connectivity index (χ1v) is 6.61. The number of aromatic nitrogens is 2. The van der Waals surface area contributed by atoms with E-state index in [0.717, 1.165) is 27.6 Å². The van der Waals surface area contributed by atoms with Crippen molar-refractivity contribution in [2.75, 3.05) is 0 Å². The van der Waals surface area contributed by atoms with Crippen molar-refractivity contribution in [1.82, 2.24) is 9.97 Å². The second-order valence-corrected chi connectivity index (χ2v) is 5.23. The number of rotatable bonds is 2. The summed E-state index contributed by atoms with van der Waals surface area (Å²) in [5.74, 6) is 0.0549. The third-order valence-electron chi connectivity index (χ3n) is 3.63. The van der Waals surface area contributed by atoms with Gasteiger partial charge in [-0.25, -0.2) is 0 Å². The molecule has 0 unspecified atom stereocenters. The largest absolute Gasteiger partial charge is 0.360 e. The van der Waals surface area contributed by atoms with Crippen molar-refractivity contribution in [3.8, 4) is 0 Å². The lowest BCUT2D eigenvalue weighted by Crippen LogP contribution is -2.06. The number of aryl methyl sites for hydroxylation is 3. The number of nitrogens with one attached hydrogen (secondary N) is 1. The number of aromatic amines is 1. The van der Waals surface area contributed by atoms with Gasteiger partial charge in [-0.15, -0.1) is 0 Å². The number of fused-ring (bicyclic) bond motifs is 1. The molecule has 3 rings (SSSR count). The second-order valence-electron chi connectivity index (χ2n) is 5.23. The molecule has 20 heavy (non-hydrogen) atoms. The lowest BCUT2D eigenvalue weighted by molar-refractivity contribution is 0.103. The molecule has 1 N–H and O–H groups in total. The third kappa shape index (κ3) is 1.92. The van der Waals surface area contributed by atoms with Gasteiger partial charge in [-0.05, 0) is 38.0 Å². The molecule has 0 fully saturated rings. The Kier molecular flexibility index (Phi) is 2.90. The molecule has 0 bridgehead atoms. The van der Waals surface area contributed by atoms with Crippen LogP contribution in [-0.2, 0) is 0 Å². The summed E-state index contributed by atoms with van der Waals surface area (Å²) in [7, 11) is 0. The van der Waals surface area contributed by atoms with Crippen LogP contribution in [0.1, 0.15) is 32.6 Å². The van der Waals surface area contributed by atoms with Crippen molar-refractivity contribution >= 4 is 16.7 Å². The highest BCUT2D eigenvalue weighted by Gasteiger charge is 2.18. The van der Waals surface area contributed by atoms with Crippen LogP contribution >= 0.6 is 0 Å². The van der Waals surface area contributed by atoms with Crippen molar-refractivity contribution in [3.05, 3.63) is 64.6 Å². The highest BCUT2D eigenvalue weighted by atomic mass is 16.1. The molecule has 3 aromatic rings. The molecule has 0 radical (unpaired) electrons. The highest BCUT2D eigenvalue weighted by Crippen LogP contribution is 2.24. The third-order valence-corrected chi connectivity index (χ3v) is 3.63. The number of carbonyl (C=O) groups is 1. The number of hydrogen-bond donors (Lipinski definition) is 1. The Morgan fingerprint density at radius 1 is 1.15 bits per heavy atom. The Balaban J connectivity index is 2.19. The van der Waals surface area contributed by atoms with E-state index in [1.54, 1.807) is 18.6 Å². The number of hydrogen-bond acceptors (Lipinski definition) is 2. The van der Waals surface area contributed by atoms with Crippen molar-refractivity contribution in [1.29, 1.82) is 0 Å². The second kappa shape index (κ2) is 4.60. The maximum Gasteiger partial charge on any atom is 0.195 e. The maximum absolute atomic E-state index is 12.8. The Morgan fingerprint density at radius 3 is 2.55 bits per heavy atom. The molecule has 3 nitrogen and oxygen atoms in total. The lowest BCUT2D eigenvalue weighted by Gasteiger charge is -2.09. The van der Waals surface area contributed by atoms with Crippen LogP contribution in [0.25, 0.3) is 10.9 Å². The molecule has 3 heteroatoms. The van der Waals surface area contributed by atoms with Gasteiger partial charge in [0.15, 0.2) is 5.78 Å². The topological polar surface area (TPSA) is 45.8 Å². The standard InChI is InChI=1S/C17H16N2O/c1-10-6-11(2)16(12(3)7-10)17(20)14-9-19-15-4-5-18-8-13(14)15/h4-9,19H,1-3H3. The molecule has 0 spiro atoms. The minimum absolute atomic E-state index is 0.0549. The molecule has 0 aliphatic rings. The van der Waals surface area contributed by atoms with Gasteiger partial charge in [0, 0.05) is 40.6 Å². The maximum atomic E-state index is 12.8. The molecule has 0 aliphatic carbocycles. The van der Waals surface area contributed by atoms with Gasteiger partial charge in [-0.1, -0.05) is 17.7 Å². The van der Waals surface area contributed by atoms with Crippen LogP contribution in [-0.4, -0.2) is 15.8 Å². The Bertz CT molecular complexity index is 792. The van der Waals surface area contributed by atoms with Gasteiger partial charge in [0.1, 0.15) is 0 Å². The number of carbonyl (C=O) groups excluding carboxylic acids is 1. The van der Waals surface area contributed by atoms with E-state index >= 15 is 0 Å². The van der Waals surface area contributed by atoms with Gasteiger partial charge in [0.05, 0.1) is 0 Å². The average Bonchev–Trinajstić information content (AvgIpc) is 2.81. The van der Waals surface area contributed by atoms with Crippen LogP contribution in [0.15, 0.2) is 36.8 Å².